The van der Waals surface area contributed by atoms with Gasteiger partial charge in [-0.05, 0) is 6.07 Å². The highest BCUT2D eigenvalue weighted by molar-refractivity contribution is 5.96. The molecule has 1 aromatic heterocycles. The van der Waals surface area contributed by atoms with Crippen LogP contribution in [0, 0.1) is 0 Å². The number of carbonyl (C=O) groups excluding carboxylic acids is 1. The van der Waals surface area contributed by atoms with Crippen molar-refractivity contribution in [2.24, 2.45) is 0 Å². The molecule has 5 heteroatoms. The molecular formula is C9H8N2O3. The predicted molar refractivity (Wildman–Crippen MR) is 46.9 cm³/mol. The van der Waals surface area contributed by atoms with Gasteiger partial charge in [0, 0.05) is 19.4 Å². The first kappa shape index (κ1) is 8.83. The molecular weight excluding hydrogens is 184 g/mol. The molecule has 1 aliphatic rings. The van der Waals surface area contributed by atoms with Gasteiger partial charge in [-0.25, -0.2) is 14.8 Å². The zero-order valence-electron chi connectivity index (χ0n) is 7.51. The molecule has 0 radical (unpaired) electrons. The Bertz CT molecular complexity index is 375. The zero-order chi connectivity index (χ0) is 9.97. The minimum absolute atomic E-state index is 0.412. The second kappa shape index (κ2) is 3.55. The zero-order valence-corrected chi connectivity index (χ0v) is 7.51. The minimum atomic E-state index is -0.655. The molecule has 72 valence electrons. The average Bonchev–Trinajstić information content (AvgIpc) is 2.61. The smallest absolute Gasteiger partial charge is 0.333 e. The maximum absolute atomic E-state index is 11.0. The number of rotatable bonds is 2. The van der Waals surface area contributed by atoms with Gasteiger partial charge in [0.05, 0.1) is 11.3 Å². The van der Waals surface area contributed by atoms with Crippen LogP contribution in [0.2, 0.25) is 0 Å². The number of esters is 1. The fraction of sp³-hybridized carbons (Fsp3) is 0.222. The summed E-state index contributed by atoms with van der Waals surface area (Å²) >= 11 is 0. The van der Waals surface area contributed by atoms with E-state index in [9.17, 15) is 4.79 Å². The summed E-state index contributed by atoms with van der Waals surface area (Å²) in [5.41, 5.74) is 1.26. The van der Waals surface area contributed by atoms with Crippen molar-refractivity contribution in [3.05, 3.63) is 30.4 Å². The molecule has 0 amide bonds. The Labute approximate surface area is 80.4 Å². The van der Waals surface area contributed by atoms with Gasteiger partial charge in [-0.15, -0.1) is 0 Å². The average molecular weight is 192 g/mol. The van der Waals surface area contributed by atoms with Crippen LogP contribution in [-0.4, -0.2) is 29.3 Å². The molecule has 0 N–H and O–H groups in total. The Kier molecular flexibility index (Phi) is 2.24. The molecule has 2 heterocycles. The van der Waals surface area contributed by atoms with Crippen molar-refractivity contribution in [1.29, 1.82) is 0 Å². The van der Waals surface area contributed by atoms with Gasteiger partial charge in [-0.2, -0.15) is 0 Å². The van der Waals surface area contributed by atoms with E-state index in [2.05, 4.69) is 9.97 Å². The van der Waals surface area contributed by atoms with Crippen LogP contribution >= 0.6 is 0 Å². The van der Waals surface area contributed by atoms with Crippen LogP contribution in [-0.2, 0) is 14.3 Å². The van der Waals surface area contributed by atoms with Gasteiger partial charge in [0.1, 0.15) is 6.33 Å². The number of ether oxygens (including phenoxy) is 2. The molecule has 0 aromatic carbocycles. The standard InChI is InChI=1S/C9H8N2O3/c1-13-9-6(4-8(12)14-9)7-2-3-10-5-11-7/h2-5,9H,1H3. The Hall–Kier alpha value is -1.75. The normalized spacial score (nSPS) is 20.5. The summed E-state index contributed by atoms with van der Waals surface area (Å²) in [6.07, 6.45) is 3.72. The summed E-state index contributed by atoms with van der Waals surface area (Å²) in [5.74, 6) is -0.412. The monoisotopic (exact) mass is 192 g/mol. The fourth-order valence-electron chi connectivity index (χ4n) is 1.23. The summed E-state index contributed by atoms with van der Waals surface area (Å²) in [5, 5.41) is 0. The summed E-state index contributed by atoms with van der Waals surface area (Å²) < 4.78 is 9.84. The van der Waals surface area contributed by atoms with Crippen molar-refractivity contribution >= 4 is 11.5 Å². The third-order valence-electron chi connectivity index (χ3n) is 1.84. The lowest BCUT2D eigenvalue weighted by Crippen LogP contribution is -2.13. The van der Waals surface area contributed by atoms with Gasteiger partial charge < -0.3 is 9.47 Å². The maximum Gasteiger partial charge on any atom is 0.333 e. The third-order valence-corrected chi connectivity index (χ3v) is 1.84. The Balaban J connectivity index is 2.34. The fourth-order valence-corrected chi connectivity index (χ4v) is 1.23. The predicted octanol–water partition coefficient (Wildman–Crippen LogP) is 0.389. The number of aromatic nitrogens is 2. The Morgan fingerprint density at radius 3 is 3.07 bits per heavy atom. The van der Waals surface area contributed by atoms with E-state index in [4.69, 9.17) is 9.47 Å². The quantitative estimate of drug-likeness (QED) is 0.634. The number of nitrogens with zero attached hydrogens (tertiary/aromatic N) is 2. The molecule has 0 fully saturated rings. The summed E-state index contributed by atoms with van der Waals surface area (Å²) in [6, 6.07) is 1.69. The molecule has 1 aromatic rings. The van der Waals surface area contributed by atoms with Gasteiger partial charge in [0.2, 0.25) is 6.29 Å². The van der Waals surface area contributed by atoms with Crippen LogP contribution in [0.4, 0.5) is 0 Å². The van der Waals surface area contributed by atoms with Gasteiger partial charge in [-0.1, -0.05) is 0 Å². The molecule has 1 unspecified atom stereocenters. The number of hydrogen-bond acceptors (Lipinski definition) is 5. The highest BCUT2D eigenvalue weighted by Crippen LogP contribution is 2.24. The molecule has 2 rings (SSSR count). The van der Waals surface area contributed by atoms with Crippen molar-refractivity contribution in [2.75, 3.05) is 7.11 Å². The molecule has 0 saturated heterocycles. The van der Waals surface area contributed by atoms with Crippen LogP contribution in [0.1, 0.15) is 5.69 Å². The van der Waals surface area contributed by atoms with Crippen LogP contribution in [0.15, 0.2) is 24.7 Å². The molecule has 14 heavy (non-hydrogen) atoms. The second-order valence-corrected chi connectivity index (χ2v) is 2.70. The van der Waals surface area contributed by atoms with Crippen molar-refractivity contribution in [3.63, 3.8) is 0 Å². The number of methoxy groups -OCH3 is 1. The number of carbonyl (C=O) groups is 1. The largest absolute Gasteiger partial charge is 0.428 e. The van der Waals surface area contributed by atoms with Crippen LogP contribution in [0.25, 0.3) is 5.57 Å². The Morgan fingerprint density at radius 1 is 1.57 bits per heavy atom. The molecule has 5 nitrogen and oxygen atoms in total. The third kappa shape index (κ3) is 1.49. The highest BCUT2D eigenvalue weighted by atomic mass is 16.7. The van der Waals surface area contributed by atoms with Crippen molar-refractivity contribution < 1.29 is 14.3 Å². The summed E-state index contributed by atoms with van der Waals surface area (Å²) in [4.78, 5) is 18.8. The first-order valence-corrected chi connectivity index (χ1v) is 4.02. The molecule has 1 aliphatic heterocycles. The van der Waals surface area contributed by atoms with E-state index in [1.165, 1.54) is 19.5 Å². The Morgan fingerprint density at radius 2 is 2.43 bits per heavy atom. The van der Waals surface area contributed by atoms with E-state index in [1.807, 2.05) is 0 Å². The molecule has 0 bridgehead atoms. The minimum Gasteiger partial charge on any atom is -0.428 e. The molecule has 0 aliphatic carbocycles. The number of hydrogen-bond donors (Lipinski definition) is 0. The SMILES string of the molecule is COC1OC(=O)C=C1c1ccncn1. The summed E-state index contributed by atoms with van der Waals surface area (Å²) in [6.45, 7) is 0. The van der Waals surface area contributed by atoms with Gasteiger partial charge in [0.25, 0.3) is 0 Å². The molecule has 0 saturated carbocycles. The lowest BCUT2D eigenvalue weighted by Gasteiger charge is -2.10. The first-order chi connectivity index (χ1) is 6.81. The first-order valence-electron chi connectivity index (χ1n) is 4.02. The van der Waals surface area contributed by atoms with Crippen molar-refractivity contribution in [1.82, 2.24) is 9.97 Å². The highest BCUT2D eigenvalue weighted by Gasteiger charge is 2.27. The number of cyclic esters (lactones) is 1. The van der Waals surface area contributed by atoms with Gasteiger partial charge in [0.15, 0.2) is 0 Å². The molecule has 0 spiro atoms. The van der Waals surface area contributed by atoms with Gasteiger partial charge >= 0.3 is 5.97 Å². The maximum atomic E-state index is 11.0. The van der Waals surface area contributed by atoms with Crippen LogP contribution < -0.4 is 0 Å². The van der Waals surface area contributed by atoms with E-state index in [0.29, 0.717) is 11.3 Å². The van der Waals surface area contributed by atoms with Crippen molar-refractivity contribution in [2.45, 2.75) is 6.29 Å². The lowest BCUT2D eigenvalue weighted by molar-refractivity contribution is -0.153. The van der Waals surface area contributed by atoms with Gasteiger partial charge in [-0.3, -0.25) is 0 Å². The second-order valence-electron chi connectivity index (χ2n) is 2.70. The lowest BCUT2D eigenvalue weighted by atomic mass is 10.2. The summed E-state index contributed by atoms with van der Waals surface area (Å²) in [7, 11) is 1.47. The van der Waals surface area contributed by atoms with E-state index in [-0.39, 0.29) is 0 Å². The topological polar surface area (TPSA) is 61.3 Å². The van der Waals surface area contributed by atoms with E-state index in [0.717, 1.165) is 0 Å². The van der Waals surface area contributed by atoms with E-state index >= 15 is 0 Å². The van der Waals surface area contributed by atoms with E-state index in [1.54, 1.807) is 12.3 Å². The van der Waals surface area contributed by atoms with Crippen molar-refractivity contribution in [3.8, 4) is 0 Å². The molecule has 1 atom stereocenters. The van der Waals surface area contributed by atoms with Crippen LogP contribution in [0.5, 0.6) is 0 Å². The van der Waals surface area contributed by atoms with Crippen LogP contribution in [0.3, 0.4) is 0 Å². The van der Waals surface area contributed by atoms with E-state index < -0.39 is 12.3 Å².